The summed E-state index contributed by atoms with van der Waals surface area (Å²) in [5, 5.41) is 0. The third-order valence-electron chi connectivity index (χ3n) is 2.32. The van der Waals surface area contributed by atoms with E-state index in [0.29, 0.717) is 18.1 Å². The largest absolute Gasteiger partial charge is 0.491 e. The predicted molar refractivity (Wildman–Crippen MR) is 78.1 cm³/mol. The van der Waals surface area contributed by atoms with Crippen LogP contribution in [0.3, 0.4) is 0 Å². The van der Waals surface area contributed by atoms with Crippen LogP contribution in [0.15, 0.2) is 22.7 Å². The maximum atomic E-state index is 11.5. The SMILES string of the molecule is CCCS(=O)(=O)CCOc1ccc(CCl)cc1Br. The molecule has 0 aliphatic rings. The number of hydrogen-bond acceptors (Lipinski definition) is 3. The summed E-state index contributed by atoms with van der Waals surface area (Å²) in [5.41, 5.74) is 0.981. The van der Waals surface area contributed by atoms with E-state index in [1.807, 2.05) is 19.1 Å². The van der Waals surface area contributed by atoms with Crippen molar-refractivity contribution in [2.75, 3.05) is 18.1 Å². The van der Waals surface area contributed by atoms with Crippen LogP contribution in [0.4, 0.5) is 0 Å². The van der Waals surface area contributed by atoms with Gasteiger partial charge in [0.1, 0.15) is 12.4 Å². The lowest BCUT2D eigenvalue weighted by atomic mass is 10.2. The second-order valence-corrected chi connectivity index (χ2v) is 7.32. The normalized spacial score (nSPS) is 11.5. The van der Waals surface area contributed by atoms with Gasteiger partial charge in [0.15, 0.2) is 9.84 Å². The number of alkyl halides is 1. The zero-order valence-corrected chi connectivity index (χ0v) is 13.3. The van der Waals surface area contributed by atoms with Gasteiger partial charge in [0, 0.05) is 5.88 Å². The van der Waals surface area contributed by atoms with Gasteiger partial charge in [-0.3, -0.25) is 0 Å². The number of ether oxygens (including phenoxy) is 1. The van der Waals surface area contributed by atoms with E-state index in [1.165, 1.54) is 0 Å². The van der Waals surface area contributed by atoms with E-state index < -0.39 is 9.84 Å². The second kappa shape index (κ2) is 7.36. The van der Waals surface area contributed by atoms with Crippen LogP contribution in [0.1, 0.15) is 18.9 Å². The molecule has 0 saturated heterocycles. The van der Waals surface area contributed by atoms with Gasteiger partial charge in [-0.1, -0.05) is 13.0 Å². The maximum absolute atomic E-state index is 11.5. The lowest BCUT2D eigenvalue weighted by Gasteiger charge is -2.09. The number of halogens is 2. The van der Waals surface area contributed by atoms with E-state index >= 15 is 0 Å². The zero-order valence-electron chi connectivity index (χ0n) is 10.2. The Morgan fingerprint density at radius 1 is 1.33 bits per heavy atom. The van der Waals surface area contributed by atoms with Gasteiger partial charge in [-0.2, -0.15) is 0 Å². The first-order valence-electron chi connectivity index (χ1n) is 5.66. The summed E-state index contributed by atoms with van der Waals surface area (Å²) in [6.07, 6.45) is 0.635. The molecule has 6 heteroatoms. The average Bonchev–Trinajstić information content (AvgIpc) is 2.31. The van der Waals surface area contributed by atoms with Gasteiger partial charge in [-0.25, -0.2) is 8.42 Å². The van der Waals surface area contributed by atoms with Gasteiger partial charge in [-0.05, 0) is 40.0 Å². The summed E-state index contributed by atoms with van der Waals surface area (Å²) in [7, 11) is -2.99. The number of sulfone groups is 1. The molecule has 0 radical (unpaired) electrons. The molecule has 3 nitrogen and oxygen atoms in total. The molecule has 0 spiro atoms. The Labute approximate surface area is 122 Å². The smallest absolute Gasteiger partial charge is 0.153 e. The van der Waals surface area contributed by atoms with Crippen LogP contribution < -0.4 is 4.74 Å². The molecule has 0 atom stereocenters. The van der Waals surface area contributed by atoms with Crippen molar-refractivity contribution in [2.24, 2.45) is 0 Å². The third kappa shape index (κ3) is 5.16. The van der Waals surface area contributed by atoms with Gasteiger partial charge in [-0.15, -0.1) is 11.6 Å². The fraction of sp³-hybridized carbons (Fsp3) is 0.500. The molecule has 0 aromatic heterocycles. The molecular formula is C12H16BrClO3S. The van der Waals surface area contributed by atoms with Crippen LogP contribution in [0.5, 0.6) is 5.75 Å². The van der Waals surface area contributed by atoms with Crippen LogP contribution in [0.25, 0.3) is 0 Å². The van der Waals surface area contributed by atoms with Crippen LogP contribution in [0.2, 0.25) is 0 Å². The first kappa shape index (κ1) is 15.8. The van der Waals surface area contributed by atoms with E-state index in [4.69, 9.17) is 16.3 Å². The Balaban J connectivity index is 2.54. The Hall–Kier alpha value is -0.260. The third-order valence-corrected chi connectivity index (χ3v) is 5.06. The van der Waals surface area contributed by atoms with Crippen molar-refractivity contribution in [1.29, 1.82) is 0 Å². The maximum Gasteiger partial charge on any atom is 0.153 e. The standard InChI is InChI=1S/C12H16BrClO3S/c1-2-6-18(15,16)7-5-17-12-4-3-10(9-14)8-11(12)13/h3-4,8H,2,5-7,9H2,1H3. The van der Waals surface area contributed by atoms with E-state index in [1.54, 1.807) is 6.07 Å². The van der Waals surface area contributed by atoms with Crippen molar-refractivity contribution >= 4 is 37.4 Å². The van der Waals surface area contributed by atoms with Gasteiger partial charge in [0.25, 0.3) is 0 Å². The minimum Gasteiger partial charge on any atom is -0.491 e. The molecule has 1 aromatic rings. The molecule has 102 valence electrons. The molecule has 0 aliphatic carbocycles. The van der Waals surface area contributed by atoms with Gasteiger partial charge < -0.3 is 4.74 Å². The highest BCUT2D eigenvalue weighted by atomic mass is 79.9. The molecule has 0 N–H and O–H groups in total. The molecule has 0 bridgehead atoms. The number of rotatable bonds is 7. The molecule has 0 saturated carbocycles. The van der Waals surface area contributed by atoms with Crippen LogP contribution >= 0.6 is 27.5 Å². The van der Waals surface area contributed by atoms with Crippen LogP contribution in [-0.4, -0.2) is 26.5 Å². The number of hydrogen-bond donors (Lipinski definition) is 0. The summed E-state index contributed by atoms with van der Waals surface area (Å²) in [6.45, 7) is 2.01. The van der Waals surface area contributed by atoms with E-state index in [-0.39, 0.29) is 18.1 Å². The Morgan fingerprint density at radius 2 is 2.06 bits per heavy atom. The molecule has 0 fully saturated rings. The van der Waals surface area contributed by atoms with Crippen LogP contribution in [-0.2, 0) is 15.7 Å². The van der Waals surface area contributed by atoms with Gasteiger partial charge in [0.05, 0.1) is 16.0 Å². The van der Waals surface area contributed by atoms with Crippen molar-refractivity contribution in [1.82, 2.24) is 0 Å². The monoisotopic (exact) mass is 354 g/mol. The van der Waals surface area contributed by atoms with E-state index in [2.05, 4.69) is 15.9 Å². The Morgan fingerprint density at radius 3 is 2.61 bits per heavy atom. The summed E-state index contributed by atoms with van der Waals surface area (Å²) in [6, 6.07) is 5.50. The molecule has 0 aliphatic heterocycles. The minimum absolute atomic E-state index is 0.0462. The van der Waals surface area contributed by atoms with Crippen molar-refractivity contribution < 1.29 is 13.2 Å². The summed E-state index contributed by atoms with van der Waals surface area (Å²) >= 11 is 9.08. The van der Waals surface area contributed by atoms with Crippen molar-refractivity contribution in [2.45, 2.75) is 19.2 Å². The lowest BCUT2D eigenvalue weighted by molar-refractivity contribution is 0.338. The molecule has 0 heterocycles. The molecule has 0 unspecified atom stereocenters. The fourth-order valence-corrected chi connectivity index (χ4v) is 3.31. The first-order chi connectivity index (χ1) is 8.48. The number of benzene rings is 1. The predicted octanol–water partition coefficient (Wildman–Crippen LogP) is 3.39. The summed E-state index contributed by atoms with van der Waals surface area (Å²) in [4.78, 5) is 0. The topological polar surface area (TPSA) is 43.4 Å². The highest BCUT2D eigenvalue weighted by Gasteiger charge is 2.10. The average molecular weight is 356 g/mol. The Bertz CT molecular complexity index is 488. The van der Waals surface area contributed by atoms with Gasteiger partial charge >= 0.3 is 0 Å². The quantitative estimate of drug-likeness (QED) is 0.704. The van der Waals surface area contributed by atoms with Gasteiger partial charge in [0.2, 0.25) is 0 Å². The Kier molecular flexibility index (Phi) is 6.46. The first-order valence-corrected chi connectivity index (χ1v) is 8.81. The highest BCUT2D eigenvalue weighted by Crippen LogP contribution is 2.26. The zero-order chi connectivity index (χ0) is 13.6. The van der Waals surface area contributed by atoms with E-state index in [0.717, 1.165) is 10.0 Å². The van der Waals surface area contributed by atoms with Crippen LogP contribution in [0, 0.1) is 0 Å². The van der Waals surface area contributed by atoms with Crippen molar-refractivity contribution in [3.05, 3.63) is 28.2 Å². The molecule has 1 aromatic carbocycles. The minimum atomic E-state index is -2.99. The molecule has 18 heavy (non-hydrogen) atoms. The lowest BCUT2D eigenvalue weighted by Crippen LogP contribution is -2.16. The highest BCUT2D eigenvalue weighted by molar-refractivity contribution is 9.10. The fourth-order valence-electron chi connectivity index (χ4n) is 1.44. The summed E-state index contributed by atoms with van der Waals surface area (Å²) in [5.74, 6) is 1.33. The summed E-state index contributed by atoms with van der Waals surface area (Å²) < 4.78 is 29.2. The second-order valence-electron chi connectivity index (χ2n) is 3.90. The molecule has 1 rings (SSSR count). The van der Waals surface area contributed by atoms with Crippen molar-refractivity contribution in [3.8, 4) is 5.75 Å². The van der Waals surface area contributed by atoms with E-state index in [9.17, 15) is 8.42 Å². The molecular weight excluding hydrogens is 340 g/mol. The molecule has 0 amide bonds. The van der Waals surface area contributed by atoms with Crippen molar-refractivity contribution in [3.63, 3.8) is 0 Å².